The van der Waals surface area contributed by atoms with Crippen molar-refractivity contribution in [2.45, 2.75) is 72.1 Å². The van der Waals surface area contributed by atoms with Gasteiger partial charge in [0.2, 0.25) is 0 Å². The fourth-order valence-corrected chi connectivity index (χ4v) is 6.81. The van der Waals surface area contributed by atoms with Crippen molar-refractivity contribution >= 4 is 44.7 Å². The van der Waals surface area contributed by atoms with Crippen molar-refractivity contribution < 1.29 is 25.8 Å². The number of hydrogen-bond acceptors (Lipinski definition) is 6. The summed E-state index contributed by atoms with van der Waals surface area (Å²) in [7, 11) is 0. The average Bonchev–Trinajstić information content (AvgIpc) is 3.67. The minimum atomic E-state index is -0.0137. The van der Waals surface area contributed by atoms with Crippen LogP contribution in [0.3, 0.4) is 0 Å². The van der Waals surface area contributed by atoms with Crippen LogP contribution in [0.25, 0.3) is 27.6 Å². The minimum Gasteiger partial charge on any atom is -0.509 e. The summed E-state index contributed by atoms with van der Waals surface area (Å²) in [6.45, 7) is 19.8. The Morgan fingerprint density at radius 2 is 1.47 bits per heavy atom. The molecule has 7 aromatic rings. The molecule has 0 saturated heterocycles. The standard InChI is InChI=1S/C45H43N6O.Pt/c1-29(2)37-22-31(45(6,7)8)26-48-43(37)50-28-49(39-19-20-46-27-41(39)50)32-12-11-13-33(24-32)52-34-16-17-36-35-14-9-10-15-38(35)51(40(36)25-34)42-23-30(18-21-47-42)44(3,4)5;/h9-23,26-29H,1-8H3;/q-3;. The van der Waals surface area contributed by atoms with Crippen LogP contribution in [0.5, 0.6) is 11.5 Å². The molecular formula is C45H43N6OPt-3. The molecule has 4 aromatic heterocycles. The number of ether oxygens (including phenoxy) is 1. The second-order valence-electron chi connectivity index (χ2n) is 15.9. The average molecular weight is 879 g/mol. The summed E-state index contributed by atoms with van der Waals surface area (Å²) in [5, 5.41) is 2.23. The van der Waals surface area contributed by atoms with Crippen LogP contribution in [0.15, 0.2) is 104 Å². The number of fused-ring (bicyclic) bond motifs is 4. The summed E-state index contributed by atoms with van der Waals surface area (Å²) in [5.41, 5.74) is 8.36. The summed E-state index contributed by atoms with van der Waals surface area (Å²) < 4.78 is 8.70. The SMILES string of the molecule is CC(C)c1cc(C(C)(C)C)cnc1N1[CH-]N(c2[c-]c(Oc3[c-]c4c(cc3)c3ccccc3n4-c3cc(C(C)(C)C)ccn3)ccc2)c2ccncc21.[Pt]. The molecule has 0 spiro atoms. The smallest absolute Gasteiger partial charge is 0.135 e. The largest absolute Gasteiger partial charge is 0.509 e. The van der Waals surface area contributed by atoms with Crippen molar-refractivity contribution in [1.82, 2.24) is 19.5 Å². The Hall–Kier alpha value is -5.00. The van der Waals surface area contributed by atoms with Gasteiger partial charge in [0.25, 0.3) is 0 Å². The number of aromatic nitrogens is 4. The third kappa shape index (κ3) is 6.72. The van der Waals surface area contributed by atoms with Crippen LogP contribution >= 0.6 is 0 Å². The molecule has 0 saturated carbocycles. The van der Waals surface area contributed by atoms with E-state index in [2.05, 4.69) is 142 Å². The molecule has 53 heavy (non-hydrogen) atoms. The zero-order valence-corrected chi connectivity index (χ0v) is 33.6. The second kappa shape index (κ2) is 13.8. The van der Waals surface area contributed by atoms with Crippen molar-refractivity contribution in [1.29, 1.82) is 0 Å². The first-order chi connectivity index (χ1) is 24.9. The van der Waals surface area contributed by atoms with Crippen LogP contribution in [0.1, 0.15) is 78.0 Å². The van der Waals surface area contributed by atoms with Crippen molar-refractivity contribution in [3.63, 3.8) is 0 Å². The van der Waals surface area contributed by atoms with Gasteiger partial charge < -0.3 is 19.1 Å². The molecule has 3 aromatic carbocycles. The maximum absolute atomic E-state index is 6.52. The molecule has 8 rings (SSSR count). The van der Waals surface area contributed by atoms with Crippen molar-refractivity contribution in [2.75, 3.05) is 9.80 Å². The Kier molecular flexibility index (Phi) is 9.44. The van der Waals surface area contributed by atoms with Crippen LogP contribution in [-0.4, -0.2) is 19.5 Å². The Morgan fingerprint density at radius 1 is 0.698 bits per heavy atom. The van der Waals surface area contributed by atoms with E-state index in [1.807, 2.05) is 55.1 Å². The summed E-state index contributed by atoms with van der Waals surface area (Å²) in [4.78, 5) is 18.6. The van der Waals surface area contributed by atoms with Gasteiger partial charge in [0.1, 0.15) is 11.6 Å². The summed E-state index contributed by atoms with van der Waals surface area (Å²) in [5.74, 6) is 3.21. The van der Waals surface area contributed by atoms with Gasteiger partial charge in [0, 0.05) is 62.4 Å². The molecule has 0 aliphatic carbocycles. The number of para-hydroxylation sites is 1. The Balaban J connectivity index is 0.00000435. The molecule has 1 aliphatic heterocycles. The van der Waals surface area contributed by atoms with Crippen LogP contribution in [-0.2, 0) is 31.9 Å². The molecule has 8 heteroatoms. The molecule has 0 atom stereocenters. The van der Waals surface area contributed by atoms with E-state index in [4.69, 9.17) is 14.7 Å². The van der Waals surface area contributed by atoms with Gasteiger partial charge in [-0.15, -0.1) is 48.1 Å². The number of hydrogen-bond donors (Lipinski definition) is 0. The topological polar surface area (TPSA) is 59.3 Å². The Bertz CT molecular complexity index is 2460. The van der Waals surface area contributed by atoms with Gasteiger partial charge >= 0.3 is 0 Å². The Morgan fingerprint density at radius 3 is 2.25 bits per heavy atom. The van der Waals surface area contributed by atoms with E-state index in [1.54, 1.807) is 0 Å². The van der Waals surface area contributed by atoms with E-state index in [-0.39, 0.29) is 37.8 Å². The van der Waals surface area contributed by atoms with Crippen molar-refractivity contribution in [2.24, 2.45) is 0 Å². The molecule has 0 N–H and O–H groups in total. The predicted octanol–water partition coefficient (Wildman–Crippen LogP) is 11.5. The van der Waals surface area contributed by atoms with Crippen LogP contribution in [0, 0.1) is 18.8 Å². The zero-order valence-electron chi connectivity index (χ0n) is 31.4. The van der Waals surface area contributed by atoms with E-state index in [0.29, 0.717) is 11.5 Å². The first-order valence-corrected chi connectivity index (χ1v) is 17.9. The molecule has 0 fully saturated rings. The third-order valence-corrected chi connectivity index (χ3v) is 9.77. The molecular weight excluding hydrogens is 836 g/mol. The van der Waals surface area contributed by atoms with Crippen LogP contribution < -0.4 is 14.5 Å². The number of anilines is 4. The molecule has 0 unspecified atom stereocenters. The van der Waals surface area contributed by atoms with Crippen LogP contribution in [0.4, 0.5) is 22.9 Å². The maximum Gasteiger partial charge on any atom is 0.135 e. The predicted molar refractivity (Wildman–Crippen MR) is 211 cm³/mol. The number of nitrogens with zero attached hydrogens (tertiary/aromatic N) is 6. The monoisotopic (exact) mass is 878 g/mol. The van der Waals surface area contributed by atoms with E-state index in [9.17, 15) is 0 Å². The van der Waals surface area contributed by atoms with Gasteiger partial charge in [0.05, 0.1) is 11.9 Å². The number of rotatable bonds is 6. The fraction of sp³-hybridized carbons (Fsp3) is 0.244. The Labute approximate surface area is 326 Å². The number of benzene rings is 3. The summed E-state index contributed by atoms with van der Waals surface area (Å²) >= 11 is 0. The van der Waals surface area contributed by atoms with E-state index >= 15 is 0 Å². The van der Waals surface area contributed by atoms with Crippen molar-refractivity contribution in [3.8, 4) is 17.3 Å². The molecule has 0 amide bonds. The van der Waals surface area contributed by atoms with Gasteiger partial charge in [-0.3, -0.25) is 4.98 Å². The van der Waals surface area contributed by atoms with E-state index in [1.165, 1.54) is 16.7 Å². The molecule has 272 valence electrons. The summed E-state index contributed by atoms with van der Waals surface area (Å²) in [6.07, 6.45) is 7.60. The second-order valence-corrected chi connectivity index (χ2v) is 15.9. The van der Waals surface area contributed by atoms with Gasteiger partial charge in [-0.2, -0.15) is 12.1 Å². The fourth-order valence-electron chi connectivity index (χ4n) is 6.81. The van der Waals surface area contributed by atoms with Crippen LogP contribution in [0.2, 0.25) is 0 Å². The normalized spacial score (nSPS) is 13.2. The number of pyridine rings is 3. The van der Waals surface area contributed by atoms with Gasteiger partial charge in [0.15, 0.2) is 0 Å². The third-order valence-electron chi connectivity index (χ3n) is 9.77. The zero-order chi connectivity index (χ0) is 36.4. The van der Waals surface area contributed by atoms with E-state index in [0.717, 1.165) is 50.5 Å². The molecule has 7 nitrogen and oxygen atoms in total. The first kappa shape index (κ1) is 36.4. The quantitative estimate of drug-likeness (QED) is 0.155. The molecule has 5 heterocycles. The minimum absolute atomic E-state index is 0. The van der Waals surface area contributed by atoms with Gasteiger partial charge in [-0.25, -0.2) is 9.97 Å². The molecule has 0 radical (unpaired) electrons. The summed E-state index contributed by atoms with van der Waals surface area (Å²) in [6, 6.07) is 34.2. The molecule has 0 bridgehead atoms. The van der Waals surface area contributed by atoms with Gasteiger partial charge in [-0.1, -0.05) is 79.1 Å². The van der Waals surface area contributed by atoms with Gasteiger partial charge in [-0.05, 0) is 69.2 Å². The molecule has 1 aliphatic rings. The first-order valence-electron chi connectivity index (χ1n) is 17.9. The van der Waals surface area contributed by atoms with Crippen molar-refractivity contribution in [3.05, 3.63) is 139 Å². The maximum atomic E-state index is 6.52. The van der Waals surface area contributed by atoms with E-state index < -0.39 is 0 Å².